The van der Waals surface area contributed by atoms with Gasteiger partial charge in [0.2, 0.25) is 5.95 Å². The van der Waals surface area contributed by atoms with Crippen molar-refractivity contribution in [2.75, 3.05) is 34.8 Å². The summed E-state index contributed by atoms with van der Waals surface area (Å²) in [6, 6.07) is 6.56. The topological polar surface area (TPSA) is 69.5 Å². The largest absolute Gasteiger partial charge is 0.465 e. The van der Waals surface area contributed by atoms with Gasteiger partial charge in [-0.1, -0.05) is 12.8 Å². The number of piperidine rings is 1. The Kier molecular flexibility index (Phi) is 7.27. The van der Waals surface area contributed by atoms with E-state index >= 15 is 0 Å². The van der Waals surface area contributed by atoms with E-state index in [0.29, 0.717) is 23.6 Å². The molecule has 2 N–H and O–H groups in total. The summed E-state index contributed by atoms with van der Waals surface area (Å²) < 4.78 is 5.61. The van der Waals surface area contributed by atoms with Crippen molar-refractivity contribution >= 4 is 34.9 Å². The molecule has 0 saturated carbocycles. The van der Waals surface area contributed by atoms with Gasteiger partial charge in [-0.25, -0.2) is 0 Å². The summed E-state index contributed by atoms with van der Waals surface area (Å²) in [6.45, 7) is 7.89. The van der Waals surface area contributed by atoms with Crippen LogP contribution in [0, 0.1) is 6.92 Å². The highest BCUT2D eigenvalue weighted by molar-refractivity contribution is 7.80. The first-order valence-electron chi connectivity index (χ1n) is 11.6. The maximum atomic E-state index is 5.61. The molecule has 2 aliphatic rings. The van der Waals surface area contributed by atoms with Crippen LogP contribution in [0.1, 0.15) is 63.4 Å². The van der Waals surface area contributed by atoms with Crippen LogP contribution in [0.25, 0.3) is 0 Å². The molecular weight excluding hydrogens is 408 g/mol. The molecule has 0 spiro atoms. The molecule has 1 atom stereocenters. The van der Waals surface area contributed by atoms with Crippen LogP contribution in [-0.2, 0) is 6.54 Å². The zero-order valence-corrected chi connectivity index (χ0v) is 19.5. The minimum Gasteiger partial charge on any atom is -0.465 e. The molecule has 0 radical (unpaired) electrons. The molecule has 0 aromatic carbocycles. The van der Waals surface area contributed by atoms with E-state index < -0.39 is 0 Å². The lowest BCUT2D eigenvalue weighted by molar-refractivity contribution is 0.478. The maximum absolute atomic E-state index is 5.61. The fourth-order valence-electron chi connectivity index (χ4n) is 4.42. The van der Waals surface area contributed by atoms with Gasteiger partial charge in [-0.2, -0.15) is 9.97 Å². The molecule has 0 amide bonds. The number of furan rings is 1. The molecular formula is C23H34N6OS. The van der Waals surface area contributed by atoms with E-state index in [2.05, 4.69) is 33.4 Å². The molecule has 7 nitrogen and oxygen atoms in total. The normalized spacial score (nSPS) is 19.7. The SMILES string of the molecule is Cc1ccc(CNC(=S)Nc2nc(N3CCCCCC3)cc(N3CCCC[C@H]3C)n2)o1. The summed E-state index contributed by atoms with van der Waals surface area (Å²) in [5.41, 5.74) is 0. The molecule has 4 heterocycles. The highest BCUT2D eigenvalue weighted by Crippen LogP contribution is 2.28. The van der Waals surface area contributed by atoms with Gasteiger partial charge in [0.1, 0.15) is 23.2 Å². The Morgan fingerprint density at radius 3 is 2.52 bits per heavy atom. The van der Waals surface area contributed by atoms with Crippen LogP contribution in [0.15, 0.2) is 22.6 Å². The number of anilines is 3. The van der Waals surface area contributed by atoms with Gasteiger partial charge in [-0.3, -0.25) is 0 Å². The average Bonchev–Trinajstić information content (AvgIpc) is 3.00. The van der Waals surface area contributed by atoms with Crippen LogP contribution in [0.4, 0.5) is 17.6 Å². The Bertz CT molecular complexity index is 877. The number of aryl methyl sites for hydroxylation is 1. The average molecular weight is 443 g/mol. The Balaban J connectivity index is 1.52. The summed E-state index contributed by atoms with van der Waals surface area (Å²) in [5, 5.41) is 6.91. The van der Waals surface area contributed by atoms with E-state index in [0.717, 1.165) is 42.8 Å². The van der Waals surface area contributed by atoms with Gasteiger partial charge in [-0.05, 0) is 70.3 Å². The van der Waals surface area contributed by atoms with Gasteiger partial charge in [-0.15, -0.1) is 0 Å². The molecule has 2 aliphatic heterocycles. The second-order valence-corrected chi connectivity index (χ2v) is 9.08. The molecule has 8 heteroatoms. The molecule has 0 unspecified atom stereocenters. The van der Waals surface area contributed by atoms with Crippen molar-refractivity contribution < 1.29 is 4.42 Å². The number of hydrogen-bond acceptors (Lipinski definition) is 6. The monoisotopic (exact) mass is 442 g/mol. The van der Waals surface area contributed by atoms with E-state index in [1.54, 1.807) is 0 Å². The number of hydrogen-bond donors (Lipinski definition) is 2. The van der Waals surface area contributed by atoms with Crippen molar-refractivity contribution in [3.05, 3.63) is 29.7 Å². The van der Waals surface area contributed by atoms with Crippen molar-refractivity contribution in [1.82, 2.24) is 15.3 Å². The van der Waals surface area contributed by atoms with Crippen molar-refractivity contribution in [1.29, 1.82) is 0 Å². The Morgan fingerprint density at radius 2 is 1.81 bits per heavy atom. The Hall–Kier alpha value is -2.35. The number of nitrogens with one attached hydrogen (secondary N) is 2. The fraction of sp³-hybridized carbons (Fsp3) is 0.609. The standard InChI is InChI=1S/C23H34N6OS/c1-17-9-5-8-14-29(17)21-15-20(28-12-6-3-4-7-13-28)25-22(26-21)27-23(31)24-16-19-11-10-18(2)30-19/h10-11,15,17H,3-9,12-14,16H2,1-2H3,(H2,24,25,26,27,31)/t17-/m1/s1. The van der Waals surface area contributed by atoms with Crippen LogP contribution in [-0.4, -0.2) is 40.8 Å². The molecule has 4 rings (SSSR count). The van der Waals surface area contributed by atoms with Crippen LogP contribution in [0.2, 0.25) is 0 Å². The second-order valence-electron chi connectivity index (χ2n) is 8.67. The van der Waals surface area contributed by atoms with Crippen LogP contribution < -0.4 is 20.4 Å². The van der Waals surface area contributed by atoms with Gasteiger partial charge in [0.25, 0.3) is 0 Å². The highest BCUT2D eigenvalue weighted by atomic mass is 32.1. The Morgan fingerprint density at radius 1 is 1.06 bits per heavy atom. The third-order valence-corrected chi connectivity index (χ3v) is 6.42. The molecule has 2 aromatic heterocycles. The Labute approximate surface area is 190 Å². The third-order valence-electron chi connectivity index (χ3n) is 6.17. The predicted molar refractivity (Wildman–Crippen MR) is 130 cm³/mol. The molecule has 168 valence electrons. The second kappa shape index (κ2) is 10.3. The smallest absolute Gasteiger partial charge is 0.232 e. The third kappa shape index (κ3) is 5.87. The van der Waals surface area contributed by atoms with E-state index in [1.165, 1.54) is 44.9 Å². The number of thiocarbonyl (C=S) groups is 1. The molecule has 2 aromatic rings. The molecule has 0 aliphatic carbocycles. The van der Waals surface area contributed by atoms with Gasteiger partial charge < -0.3 is 24.9 Å². The summed E-state index contributed by atoms with van der Waals surface area (Å²) >= 11 is 5.52. The van der Waals surface area contributed by atoms with E-state index in [1.807, 2.05) is 19.1 Å². The lowest BCUT2D eigenvalue weighted by atomic mass is 10.0. The number of nitrogens with zero attached hydrogens (tertiary/aromatic N) is 4. The van der Waals surface area contributed by atoms with E-state index in [-0.39, 0.29) is 0 Å². The summed E-state index contributed by atoms with van der Waals surface area (Å²) in [5.74, 6) is 4.29. The summed E-state index contributed by atoms with van der Waals surface area (Å²) in [7, 11) is 0. The minimum atomic E-state index is 0.487. The van der Waals surface area contributed by atoms with Crippen molar-refractivity contribution in [3.63, 3.8) is 0 Å². The first-order chi connectivity index (χ1) is 15.1. The molecule has 2 fully saturated rings. The lowest BCUT2D eigenvalue weighted by Crippen LogP contribution is -2.38. The highest BCUT2D eigenvalue weighted by Gasteiger charge is 2.23. The van der Waals surface area contributed by atoms with Gasteiger partial charge >= 0.3 is 0 Å². The molecule has 0 bridgehead atoms. The van der Waals surface area contributed by atoms with Gasteiger partial charge in [0.05, 0.1) is 6.54 Å². The van der Waals surface area contributed by atoms with Crippen molar-refractivity contribution in [3.8, 4) is 0 Å². The van der Waals surface area contributed by atoms with Gasteiger partial charge in [0, 0.05) is 31.7 Å². The maximum Gasteiger partial charge on any atom is 0.232 e. The predicted octanol–water partition coefficient (Wildman–Crippen LogP) is 4.62. The molecule has 2 saturated heterocycles. The summed E-state index contributed by atoms with van der Waals surface area (Å²) in [4.78, 5) is 14.5. The van der Waals surface area contributed by atoms with Gasteiger partial charge in [0.15, 0.2) is 5.11 Å². The zero-order valence-electron chi connectivity index (χ0n) is 18.7. The number of aromatic nitrogens is 2. The van der Waals surface area contributed by atoms with Crippen molar-refractivity contribution in [2.24, 2.45) is 0 Å². The van der Waals surface area contributed by atoms with E-state index in [4.69, 9.17) is 26.6 Å². The lowest BCUT2D eigenvalue weighted by Gasteiger charge is -2.35. The van der Waals surface area contributed by atoms with Crippen LogP contribution in [0.3, 0.4) is 0 Å². The summed E-state index contributed by atoms with van der Waals surface area (Å²) in [6.07, 6.45) is 8.71. The van der Waals surface area contributed by atoms with Crippen molar-refractivity contribution in [2.45, 2.75) is 71.4 Å². The first-order valence-corrected chi connectivity index (χ1v) is 12.0. The van der Waals surface area contributed by atoms with Crippen LogP contribution >= 0.6 is 12.2 Å². The van der Waals surface area contributed by atoms with Crippen LogP contribution in [0.5, 0.6) is 0 Å². The molecule has 31 heavy (non-hydrogen) atoms. The zero-order chi connectivity index (χ0) is 21.6. The van der Waals surface area contributed by atoms with E-state index in [9.17, 15) is 0 Å². The number of rotatable bonds is 5. The quantitative estimate of drug-likeness (QED) is 0.650. The first kappa shape index (κ1) is 21.9. The minimum absolute atomic E-state index is 0.487. The fourth-order valence-corrected chi connectivity index (χ4v) is 4.58.